The lowest BCUT2D eigenvalue weighted by Gasteiger charge is -2.08. The Kier molecular flexibility index (Phi) is 3.79. The molecule has 1 amide bonds. The fourth-order valence-corrected chi connectivity index (χ4v) is 1.64. The highest BCUT2D eigenvalue weighted by Gasteiger charge is 2.07. The average Bonchev–Trinajstić information content (AvgIpc) is 2.34. The van der Waals surface area contributed by atoms with Crippen LogP contribution in [0.25, 0.3) is 0 Å². The van der Waals surface area contributed by atoms with Crippen LogP contribution in [0.3, 0.4) is 0 Å². The number of nitrogens with zero attached hydrogens (tertiary/aromatic N) is 1. The van der Waals surface area contributed by atoms with Crippen LogP contribution < -0.4 is 10.1 Å². The van der Waals surface area contributed by atoms with E-state index in [1.165, 1.54) is 6.20 Å². The molecular weight excluding hydrogens is 252 g/mol. The fourth-order valence-electron chi connectivity index (χ4n) is 1.42. The van der Waals surface area contributed by atoms with E-state index in [9.17, 15) is 4.79 Å². The molecule has 1 aromatic heterocycles. The second-order valence-corrected chi connectivity index (χ2v) is 4.10. The minimum atomic E-state index is -0.562. The first-order valence-electron chi connectivity index (χ1n) is 5.30. The molecule has 0 fully saturated rings. The Labute approximate surface area is 110 Å². The summed E-state index contributed by atoms with van der Waals surface area (Å²) in [6.07, 6.45) is 2.51. The second-order valence-electron chi connectivity index (χ2n) is 3.66. The molecule has 18 heavy (non-hydrogen) atoms. The summed E-state index contributed by atoms with van der Waals surface area (Å²) >= 11 is 5.83. The Morgan fingerprint density at radius 3 is 2.89 bits per heavy atom. The summed E-state index contributed by atoms with van der Waals surface area (Å²) in [4.78, 5) is 15.5. The van der Waals surface area contributed by atoms with Crippen molar-refractivity contribution in [1.29, 1.82) is 0 Å². The van der Waals surface area contributed by atoms with Gasteiger partial charge < -0.3 is 4.74 Å². The van der Waals surface area contributed by atoms with Gasteiger partial charge in [-0.05, 0) is 42.8 Å². The van der Waals surface area contributed by atoms with Crippen molar-refractivity contribution in [2.75, 3.05) is 5.32 Å². The molecule has 5 heteroatoms. The molecule has 0 saturated carbocycles. The summed E-state index contributed by atoms with van der Waals surface area (Å²) in [6, 6.07) is 8.54. The first kappa shape index (κ1) is 12.4. The number of pyridine rings is 1. The van der Waals surface area contributed by atoms with Gasteiger partial charge in [-0.2, -0.15) is 0 Å². The lowest BCUT2D eigenvalue weighted by atomic mass is 10.2. The van der Waals surface area contributed by atoms with Crippen molar-refractivity contribution in [3.63, 3.8) is 0 Å². The number of aromatic nitrogens is 1. The molecule has 0 aliphatic rings. The summed E-state index contributed by atoms with van der Waals surface area (Å²) in [5.41, 5.74) is 1.53. The van der Waals surface area contributed by atoms with Gasteiger partial charge in [0.2, 0.25) is 0 Å². The number of hydrogen-bond acceptors (Lipinski definition) is 3. The van der Waals surface area contributed by atoms with Crippen molar-refractivity contribution in [3.8, 4) is 5.75 Å². The zero-order valence-corrected chi connectivity index (χ0v) is 10.4. The van der Waals surface area contributed by atoms with Crippen LogP contribution in [0.15, 0.2) is 42.7 Å². The Morgan fingerprint density at radius 2 is 2.22 bits per heavy atom. The monoisotopic (exact) mass is 262 g/mol. The van der Waals surface area contributed by atoms with E-state index >= 15 is 0 Å². The van der Waals surface area contributed by atoms with Crippen LogP contribution in [0.2, 0.25) is 5.02 Å². The van der Waals surface area contributed by atoms with E-state index in [4.69, 9.17) is 16.3 Å². The lowest BCUT2D eigenvalue weighted by molar-refractivity contribution is 0.215. The summed E-state index contributed by atoms with van der Waals surface area (Å²) < 4.78 is 5.06. The quantitative estimate of drug-likeness (QED) is 0.899. The second kappa shape index (κ2) is 5.51. The van der Waals surface area contributed by atoms with Crippen LogP contribution in [0.4, 0.5) is 10.5 Å². The van der Waals surface area contributed by atoms with Crippen LogP contribution in [0.1, 0.15) is 5.56 Å². The molecule has 4 nitrogen and oxygen atoms in total. The number of ether oxygens (including phenoxy) is 1. The Morgan fingerprint density at radius 1 is 1.39 bits per heavy atom. The van der Waals surface area contributed by atoms with E-state index < -0.39 is 6.09 Å². The minimum absolute atomic E-state index is 0.390. The smallest absolute Gasteiger partial charge is 0.408 e. The molecular formula is C13H11ClN2O2. The van der Waals surface area contributed by atoms with Crippen LogP contribution >= 0.6 is 11.6 Å². The molecule has 0 atom stereocenters. The SMILES string of the molecule is Cc1cc(Cl)ccc1NC(=O)Oc1cccnc1. The van der Waals surface area contributed by atoms with Crippen molar-refractivity contribution in [1.82, 2.24) is 4.98 Å². The minimum Gasteiger partial charge on any atom is -0.408 e. The summed E-state index contributed by atoms with van der Waals surface area (Å²) in [6.45, 7) is 1.85. The van der Waals surface area contributed by atoms with Crippen molar-refractivity contribution in [2.24, 2.45) is 0 Å². The van der Waals surface area contributed by atoms with E-state index in [2.05, 4.69) is 10.3 Å². The van der Waals surface area contributed by atoms with Crippen LogP contribution in [0.5, 0.6) is 5.75 Å². The third kappa shape index (κ3) is 3.21. The number of aryl methyl sites for hydroxylation is 1. The van der Waals surface area contributed by atoms with Gasteiger partial charge in [0.05, 0.1) is 6.20 Å². The van der Waals surface area contributed by atoms with Crippen molar-refractivity contribution in [2.45, 2.75) is 6.92 Å². The number of rotatable bonds is 2. The van der Waals surface area contributed by atoms with Gasteiger partial charge in [-0.15, -0.1) is 0 Å². The molecule has 0 aliphatic carbocycles. The molecule has 0 radical (unpaired) electrons. The molecule has 0 bridgehead atoms. The van der Waals surface area contributed by atoms with E-state index in [0.717, 1.165) is 5.56 Å². The molecule has 0 spiro atoms. The fraction of sp³-hybridized carbons (Fsp3) is 0.0769. The van der Waals surface area contributed by atoms with Crippen LogP contribution in [-0.2, 0) is 0 Å². The normalized spacial score (nSPS) is 9.89. The maximum Gasteiger partial charge on any atom is 0.417 e. The average molecular weight is 263 g/mol. The Balaban J connectivity index is 2.03. The largest absolute Gasteiger partial charge is 0.417 e. The number of carbonyl (C=O) groups is 1. The number of benzene rings is 1. The van der Waals surface area contributed by atoms with Crippen molar-refractivity contribution >= 4 is 23.4 Å². The van der Waals surface area contributed by atoms with Crippen molar-refractivity contribution < 1.29 is 9.53 Å². The lowest BCUT2D eigenvalue weighted by Crippen LogP contribution is -2.17. The highest BCUT2D eigenvalue weighted by Crippen LogP contribution is 2.20. The molecule has 2 rings (SSSR count). The number of carbonyl (C=O) groups excluding carboxylic acids is 1. The summed E-state index contributed by atoms with van der Waals surface area (Å²) in [5.74, 6) is 0.390. The predicted molar refractivity (Wildman–Crippen MR) is 70.1 cm³/mol. The van der Waals surface area contributed by atoms with E-state index in [1.807, 2.05) is 6.92 Å². The number of nitrogens with one attached hydrogen (secondary N) is 1. The first-order valence-corrected chi connectivity index (χ1v) is 5.68. The Bertz CT molecular complexity index is 558. The van der Waals surface area contributed by atoms with Crippen molar-refractivity contribution in [3.05, 3.63) is 53.3 Å². The molecule has 0 saturated heterocycles. The van der Waals surface area contributed by atoms with Crippen LogP contribution in [0, 0.1) is 6.92 Å². The van der Waals surface area contributed by atoms with Gasteiger partial charge in [-0.1, -0.05) is 11.6 Å². The predicted octanol–water partition coefficient (Wildman–Crippen LogP) is 3.65. The van der Waals surface area contributed by atoms with E-state index in [-0.39, 0.29) is 0 Å². The van der Waals surface area contributed by atoms with Gasteiger partial charge in [0.15, 0.2) is 5.75 Å². The van der Waals surface area contributed by atoms with Gasteiger partial charge in [0.1, 0.15) is 0 Å². The van der Waals surface area contributed by atoms with Crippen LogP contribution in [-0.4, -0.2) is 11.1 Å². The van der Waals surface area contributed by atoms with Gasteiger partial charge in [-0.25, -0.2) is 4.79 Å². The molecule has 0 unspecified atom stereocenters. The third-order valence-electron chi connectivity index (χ3n) is 2.27. The number of anilines is 1. The molecule has 0 aliphatic heterocycles. The molecule has 1 N–H and O–H groups in total. The van der Waals surface area contributed by atoms with Gasteiger partial charge >= 0.3 is 6.09 Å². The van der Waals surface area contributed by atoms with Gasteiger partial charge in [0, 0.05) is 16.9 Å². The highest BCUT2D eigenvalue weighted by molar-refractivity contribution is 6.30. The van der Waals surface area contributed by atoms with Gasteiger partial charge in [0.25, 0.3) is 0 Å². The zero-order chi connectivity index (χ0) is 13.0. The zero-order valence-electron chi connectivity index (χ0n) is 9.68. The van der Waals surface area contributed by atoms with E-state index in [1.54, 1.807) is 36.5 Å². The Hall–Kier alpha value is -2.07. The van der Waals surface area contributed by atoms with Gasteiger partial charge in [-0.3, -0.25) is 10.3 Å². The van der Waals surface area contributed by atoms with E-state index in [0.29, 0.717) is 16.5 Å². The summed E-state index contributed by atoms with van der Waals surface area (Å²) in [5, 5.41) is 3.26. The number of amides is 1. The first-order chi connectivity index (χ1) is 8.65. The molecule has 2 aromatic rings. The number of halogens is 1. The molecule has 1 heterocycles. The molecule has 92 valence electrons. The standard InChI is InChI=1S/C13H11ClN2O2/c1-9-7-10(14)4-5-12(9)16-13(17)18-11-3-2-6-15-8-11/h2-8H,1H3,(H,16,17). The molecule has 1 aromatic carbocycles. The maximum absolute atomic E-state index is 11.6. The topological polar surface area (TPSA) is 51.2 Å². The summed E-state index contributed by atoms with van der Waals surface area (Å²) in [7, 11) is 0. The number of hydrogen-bond donors (Lipinski definition) is 1. The third-order valence-corrected chi connectivity index (χ3v) is 2.51. The highest BCUT2D eigenvalue weighted by atomic mass is 35.5. The maximum atomic E-state index is 11.6.